The molecule has 0 bridgehead atoms. The first-order valence-corrected chi connectivity index (χ1v) is 8.41. The third-order valence-electron chi connectivity index (χ3n) is 4.23. The molecule has 0 atom stereocenters. The smallest absolute Gasteiger partial charge is 0.377 e. The van der Waals surface area contributed by atoms with Gasteiger partial charge in [-0.3, -0.25) is 4.79 Å². The number of Topliss-reactive ketones (excluding diaryl/α,β-unsaturated/α-hetero) is 1. The number of aromatic nitrogens is 1. The molecule has 130 valence electrons. The molecule has 2 aromatic carbocycles. The summed E-state index contributed by atoms with van der Waals surface area (Å²) < 4.78 is 0. The highest BCUT2D eigenvalue weighted by Gasteiger charge is 2.21. The summed E-state index contributed by atoms with van der Waals surface area (Å²) >= 11 is 0. The van der Waals surface area contributed by atoms with Gasteiger partial charge in [0, 0.05) is 5.39 Å². The SMILES string of the molecule is CC(C)c1ccc(C=C(C(=O)C(=O)O)c2ccc3ccccc3n2)cc1. The Kier molecular flexibility index (Phi) is 4.94. The van der Waals surface area contributed by atoms with E-state index >= 15 is 0 Å². The van der Waals surface area contributed by atoms with Crippen molar-refractivity contribution in [3.05, 3.63) is 77.5 Å². The minimum absolute atomic E-state index is 0.0700. The van der Waals surface area contributed by atoms with E-state index in [0.29, 0.717) is 17.1 Å². The molecule has 3 aromatic rings. The lowest BCUT2D eigenvalue weighted by atomic mass is 9.99. The molecular weight excluding hydrogens is 326 g/mol. The molecule has 1 N–H and O–H groups in total. The van der Waals surface area contributed by atoms with Crippen molar-refractivity contribution in [3.8, 4) is 0 Å². The molecule has 0 unspecified atom stereocenters. The van der Waals surface area contributed by atoms with Crippen molar-refractivity contribution in [1.82, 2.24) is 4.98 Å². The van der Waals surface area contributed by atoms with Gasteiger partial charge in [-0.05, 0) is 35.3 Å². The minimum atomic E-state index is -1.50. The van der Waals surface area contributed by atoms with Crippen LogP contribution in [-0.2, 0) is 9.59 Å². The Morgan fingerprint density at radius 3 is 2.31 bits per heavy atom. The molecule has 3 rings (SSSR count). The summed E-state index contributed by atoms with van der Waals surface area (Å²) in [6.45, 7) is 4.20. The molecule has 1 aromatic heterocycles. The first-order chi connectivity index (χ1) is 12.5. The number of para-hydroxylation sites is 1. The standard InChI is InChI=1S/C22H19NO3/c1-14(2)16-9-7-15(8-10-16)13-18(21(24)22(25)26)20-12-11-17-5-3-4-6-19(17)23-20/h3-14H,1-2H3,(H,25,26). The van der Waals surface area contributed by atoms with E-state index in [2.05, 4.69) is 18.8 Å². The van der Waals surface area contributed by atoms with Crippen molar-refractivity contribution in [2.75, 3.05) is 0 Å². The van der Waals surface area contributed by atoms with Gasteiger partial charge in [0.05, 0.1) is 16.8 Å². The van der Waals surface area contributed by atoms with Crippen molar-refractivity contribution >= 4 is 34.3 Å². The van der Waals surface area contributed by atoms with Crippen LogP contribution in [0, 0.1) is 0 Å². The molecule has 0 aliphatic carbocycles. The van der Waals surface area contributed by atoms with Gasteiger partial charge in [-0.1, -0.05) is 62.4 Å². The highest BCUT2D eigenvalue weighted by molar-refractivity contribution is 6.52. The topological polar surface area (TPSA) is 67.3 Å². The maximum atomic E-state index is 12.3. The minimum Gasteiger partial charge on any atom is -0.475 e. The van der Waals surface area contributed by atoms with E-state index in [1.165, 1.54) is 5.56 Å². The third-order valence-corrected chi connectivity index (χ3v) is 4.23. The van der Waals surface area contributed by atoms with Crippen molar-refractivity contribution in [2.45, 2.75) is 19.8 Å². The van der Waals surface area contributed by atoms with Crippen LogP contribution in [0.1, 0.15) is 36.6 Å². The molecule has 0 aliphatic rings. The van der Waals surface area contributed by atoms with Gasteiger partial charge < -0.3 is 5.11 Å². The van der Waals surface area contributed by atoms with Crippen molar-refractivity contribution < 1.29 is 14.7 Å². The van der Waals surface area contributed by atoms with Crippen LogP contribution in [0.15, 0.2) is 60.7 Å². The van der Waals surface area contributed by atoms with Crippen LogP contribution in [0.25, 0.3) is 22.6 Å². The maximum absolute atomic E-state index is 12.3. The van der Waals surface area contributed by atoms with E-state index in [4.69, 9.17) is 0 Å². The van der Waals surface area contributed by atoms with Crippen LogP contribution in [0.5, 0.6) is 0 Å². The van der Waals surface area contributed by atoms with E-state index in [9.17, 15) is 14.7 Å². The quantitative estimate of drug-likeness (QED) is 0.544. The van der Waals surface area contributed by atoms with Crippen molar-refractivity contribution in [1.29, 1.82) is 0 Å². The molecule has 1 heterocycles. The molecule has 26 heavy (non-hydrogen) atoms. The van der Waals surface area contributed by atoms with Crippen LogP contribution in [0.3, 0.4) is 0 Å². The number of hydrogen-bond acceptors (Lipinski definition) is 3. The predicted octanol–water partition coefficient (Wildman–Crippen LogP) is 4.55. The van der Waals surface area contributed by atoms with Gasteiger partial charge in [0.2, 0.25) is 0 Å². The van der Waals surface area contributed by atoms with Crippen LogP contribution >= 0.6 is 0 Å². The Morgan fingerprint density at radius 1 is 0.962 bits per heavy atom. The molecule has 0 spiro atoms. The van der Waals surface area contributed by atoms with Crippen molar-refractivity contribution in [2.24, 2.45) is 0 Å². The predicted molar refractivity (Wildman–Crippen MR) is 103 cm³/mol. The monoisotopic (exact) mass is 345 g/mol. The normalized spacial score (nSPS) is 11.7. The fraction of sp³-hybridized carbons (Fsp3) is 0.136. The van der Waals surface area contributed by atoms with Gasteiger partial charge in [-0.15, -0.1) is 0 Å². The van der Waals surface area contributed by atoms with Crippen LogP contribution in [0.4, 0.5) is 0 Å². The zero-order valence-corrected chi connectivity index (χ0v) is 14.6. The van der Waals surface area contributed by atoms with Crippen molar-refractivity contribution in [3.63, 3.8) is 0 Å². The number of aliphatic carboxylic acids is 1. The summed E-state index contributed by atoms with van der Waals surface area (Å²) in [7, 11) is 0. The number of nitrogens with zero attached hydrogens (tertiary/aromatic N) is 1. The maximum Gasteiger partial charge on any atom is 0.377 e. The number of rotatable bonds is 5. The number of ketones is 1. The molecular formula is C22H19NO3. The van der Waals surface area contributed by atoms with E-state index in [1.807, 2.05) is 54.6 Å². The van der Waals surface area contributed by atoms with Gasteiger partial charge in [-0.25, -0.2) is 9.78 Å². The van der Waals surface area contributed by atoms with Gasteiger partial charge in [0.25, 0.3) is 5.78 Å². The zero-order valence-electron chi connectivity index (χ0n) is 14.6. The second-order valence-corrected chi connectivity index (χ2v) is 6.40. The van der Waals surface area contributed by atoms with Crippen LogP contribution < -0.4 is 0 Å². The van der Waals surface area contributed by atoms with Gasteiger partial charge in [0.1, 0.15) is 0 Å². The van der Waals surface area contributed by atoms with E-state index in [0.717, 1.165) is 10.9 Å². The summed E-state index contributed by atoms with van der Waals surface area (Å²) in [6, 6.07) is 18.7. The fourth-order valence-electron chi connectivity index (χ4n) is 2.73. The summed E-state index contributed by atoms with van der Waals surface area (Å²) in [5, 5.41) is 10.1. The second-order valence-electron chi connectivity index (χ2n) is 6.40. The lowest BCUT2D eigenvalue weighted by molar-refractivity contribution is -0.146. The molecule has 0 radical (unpaired) electrons. The van der Waals surface area contributed by atoms with Gasteiger partial charge in [-0.2, -0.15) is 0 Å². The molecule has 0 amide bonds. The number of carbonyl (C=O) groups is 2. The molecule has 0 aliphatic heterocycles. The van der Waals surface area contributed by atoms with E-state index in [-0.39, 0.29) is 5.57 Å². The Hall–Kier alpha value is -3.27. The first-order valence-electron chi connectivity index (χ1n) is 8.41. The summed E-state index contributed by atoms with van der Waals surface area (Å²) in [6.07, 6.45) is 1.58. The first kappa shape index (κ1) is 17.5. The number of hydrogen-bond donors (Lipinski definition) is 1. The number of fused-ring (bicyclic) bond motifs is 1. The fourth-order valence-corrected chi connectivity index (χ4v) is 2.73. The highest BCUT2D eigenvalue weighted by Crippen LogP contribution is 2.22. The van der Waals surface area contributed by atoms with E-state index < -0.39 is 11.8 Å². The number of pyridine rings is 1. The third kappa shape index (κ3) is 3.70. The van der Waals surface area contributed by atoms with E-state index in [1.54, 1.807) is 12.1 Å². The largest absolute Gasteiger partial charge is 0.475 e. The Labute approximate surface area is 151 Å². The number of carboxylic acids is 1. The second kappa shape index (κ2) is 7.31. The molecule has 0 saturated heterocycles. The summed E-state index contributed by atoms with van der Waals surface area (Å²) in [5.41, 5.74) is 3.07. The Bertz CT molecular complexity index is 1000. The van der Waals surface area contributed by atoms with Gasteiger partial charge >= 0.3 is 5.97 Å². The zero-order chi connectivity index (χ0) is 18.7. The van der Waals surface area contributed by atoms with Crippen LogP contribution in [0.2, 0.25) is 0 Å². The summed E-state index contributed by atoms with van der Waals surface area (Å²) in [4.78, 5) is 28.0. The average molecular weight is 345 g/mol. The lowest BCUT2D eigenvalue weighted by Gasteiger charge is -2.08. The highest BCUT2D eigenvalue weighted by atomic mass is 16.4. The Balaban J connectivity index is 2.09. The molecule has 4 nitrogen and oxygen atoms in total. The number of carbonyl (C=O) groups excluding carboxylic acids is 1. The summed E-state index contributed by atoms with van der Waals surface area (Å²) in [5.74, 6) is -2.07. The van der Waals surface area contributed by atoms with Gasteiger partial charge in [0.15, 0.2) is 0 Å². The number of carboxylic acid groups (broad SMARTS) is 1. The van der Waals surface area contributed by atoms with Crippen LogP contribution in [-0.4, -0.2) is 21.8 Å². The number of benzene rings is 2. The lowest BCUT2D eigenvalue weighted by Crippen LogP contribution is -2.15. The Morgan fingerprint density at radius 2 is 1.65 bits per heavy atom. The molecule has 4 heteroatoms. The average Bonchev–Trinajstić information content (AvgIpc) is 2.65. The molecule has 0 fully saturated rings. The molecule has 0 saturated carbocycles.